The number of benzene rings is 2. The summed E-state index contributed by atoms with van der Waals surface area (Å²) in [5.74, 6) is -3.95. The fraction of sp³-hybridized carbons (Fsp3) is 0.125. The molecule has 0 bridgehead atoms. The monoisotopic (exact) mass is 514 g/mol. The number of nitriles is 1. The van der Waals surface area contributed by atoms with Crippen molar-refractivity contribution in [3.05, 3.63) is 87.9 Å². The van der Waals surface area contributed by atoms with Crippen LogP contribution in [0.25, 0.3) is 10.9 Å². The second kappa shape index (κ2) is 9.30. The largest absolute Gasteiger partial charge is 0.437 e. The lowest BCUT2D eigenvalue weighted by atomic mass is 10.1. The van der Waals surface area contributed by atoms with Crippen molar-refractivity contribution in [3.8, 4) is 6.07 Å². The fourth-order valence-electron chi connectivity index (χ4n) is 3.68. The van der Waals surface area contributed by atoms with Gasteiger partial charge in [-0.1, -0.05) is 12.1 Å². The minimum atomic E-state index is -5.02. The highest BCUT2D eigenvalue weighted by Crippen LogP contribution is 2.36. The maximum Gasteiger partial charge on any atom is 0.437 e. The van der Waals surface area contributed by atoms with Gasteiger partial charge in [-0.05, 0) is 37.3 Å². The van der Waals surface area contributed by atoms with Crippen LogP contribution in [-0.2, 0) is 12.7 Å². The van der Waals surface area contributed by atoms with E-state index in [9.17, 15) is 31.5 Å². The second-order valence-corrected chi connectivity index (χ2v) is 7.89. The molecule has 2 heterocycles. The summed E-state index contributed by atoms with van der Waals surface area (Å²) in [6.07, 6.45) is -5.02. The van der Waals surface area contributed by atoms with Gasteiger partial charge in [0, 0.05) is 10.9 Å². The van der Waals surface area contributed by atoms with E-state index < -0.39 is 58.8 Å². The van der Waals surface area contributed by atoms with Gasteiger partial charge in [0.25, 0.3) is 11.8 Å². The number of rotatable bonds is 5. The third-order valence-corrected chi connectivity index (χ3v) is 5.50. The van der Waals surface area contributed by atoms with E-state index in [0.717, 1.165) is 22.9 Å². The van der Waals surface area contributed by atoms with Gasteiger partial charge in [-0.2, -0.15) is 23.5 Å². The standard InChI is InChI=1S/C24H15F5N6O2/c1-11-20(21(24(27,28)29)34-35(11)10-13-6-5-12(9-30)7-16(13)26)33-23(37)14-8-18(22(31)36)32-17-4-2-3-15(25)19(14)17/h2-8H,10H2,1H3,(H2,31,36)(H,33,37). The number of carbonyl (C=O) groups is 2. The Balaban J connectivity index is 1.80. The molecule has 0 saturated carbocycles. The second-order valence-electron chi connectivity index (χ2n) is 7.89. The first-order valence-electron chi connectivity index (χ1n) is 10.4. The van der Waals surface area contributed by atoms with E-state index in [4.69, 9.17) is 11.0 Å². The number of pyridine rings is 1. The molecule has 0 unspecified atom stereocenters. The Hall–Kier alpha value is -4.86. The molecule has 0 spiro atoms. The van der Waals surface area contributed by atoms with Crippen molar-refractivity contribution in [3.63, 3.8) is 0 Å². The molecule has 0 atom stereocenters. The van der Waals surface area contributed by atoms with Gasteiger partial charge < -0.3 is 11.1 Å². The summed E-state index contributed by atoms with van der Waals surface area (Å²) in [6.45, 7) is 0.778. The van der Waals surface area contributed by atoms with Crippen LogP contribution in [0.2, 0.25) is 0 Å². The van der Waals surface area contributed by atoms with Crippen LogP contribution in [0, 0.1) is 29.9 Å². The zero-order chi connectivity index (χ0) is 27.1. The van der Waals surface area contributed by atoms with Crippen LogP contribution in [0.15, 0.2) is 42.5 Å². The number of nitrogens with one attached hydrogen (secondary N) is 1. The Bertz CT molecular complexity index is 1620. The van der Waals surface area contributed by atoms with Gasteiger partial charge in [-0.25, -0.2) is 13.8 Å². The maximum atomic E-state index is 14.6. The molecule has 8 nitrogen and oxygen atoms in total. The lowest BCUT2D eigenvalue weighted by molar-refractivity contribution is -0.140. The van der Waals surface area contributed by atoms with E-state index in [2.05, 4.69) is 15.4 Å². The molecule has 0 fully saturated rings. The molecule has 2 aromatic heterocycles. The van der Waals surface area contributed by atoms with E-state index in [1.54, 1.807) is 6.07 Å². The molecule has 37 heavy (non-hydrogen) atoms. The van der Waals surface area contributed by atoms with Crippen LogP contribution < -0.4 is 11.1 Å². The quantitative estimate of drug-likeness (QED) is 0.384. The number of anilines is 1. The molecule has 0 aliphatic rings. The van der Waals surface area contributed by atoms with Gasteiger partial charge in [0.05, 0.1) is 40.6 Å². The van der Waals surface area contributed by atoms with Gasteiger partial charge in [0.15, 0.2) is 5.69 Å². The molecule has 0 saturated heterocycles. The lowest BCUT2D eigenvalue weighted by Crippen LogP contribution is -2.20. The normalized spacial score (nSPS) is 11.4. The van der Waals surface area contributed by atoms with Crippen molar-refractivity contribution in [2.45, 2.75) is 19.6 Å². The summed E-state index contributed by atoms with van der Waals surface area (Å²) in [5, 5.41) is 14.2. The number of hydrogen-bond donors (Lipinski definition) is 2. The van der Waals surface area contributed by atoms with Crippen LogP contribution >= 0.6 is 0 Å². The Morgan fingerprint density at radius 1 is 1.14 bits per heavy atom. The van der Waals surface area contributed by atoms with E-state index in [1.807, 2.05) is 0 Å². The first-order valence-corrected chi connectivity index (χ1v) is 10.4. The topological polar surface area (TPSA) is 127 Å². The highest BCUT2D eigenvalue weighted by atomic mass is 19.4. The van der Waals surface area contributed by atoms with Gasteiger partial charge in [0.2, 0.25) is 0 Å². The van der Waals surface area contributed by atoms with E-state index in [-0.39, 0.29) is 27.7 Å². The molecule has 0 radical (unpaired) electrons. The number of alkyl halides is 3. The highest BCUT2D eigenvalue weighted by molar-refractivity contribution is 6.14. The SMILES string of the molecule is Cc1c(NC(=O)c2cc(C(N)=O)nc3cccc(F)c23)c(C(F)(F)F)nn1Cc1ccc(C#N)cc1F. The summed E-state index contributed by atoms with van der Waals surface area (Å²) < 4.78 is 71.3. The highest BCUT2D eigenvalue weighted by Gasteiger charge is 2.39. The number of hydrogen-bond acceptors (Lipinski definition) is 5. The van der Waals surface area contributed by atoms with Gasteiger partial charge in [-0.15, -0.1) is 0 Å². The number of primary amides is 1. The molecule has 3 N–H and O–H groups in total. The predicted molar refractivity (Wildman–Crippen MR) is 120 cm³/mol. The molecular formula is C24H15F5N6O2. The van der Waals surface area contributed by atoms with Crippen molar-refractivity contribution in [2.24, 2.45) is 5.73 Å². The minimum absolute atomic E-state index is 0.0227. The van der Waals surface area contributed by atoms with Crippen molar-refractivity contribution >= 4 is 28.4 Å². The predicted octanol–water partition coefficient (Wildman–Crippen LogP) is 4.31. The fourth-order valence-corrected chi connectivity index (χ4v) is 3.68. The molecule has 4 rings (SSSR count). The average Bonchev–Trinajstić information content (AvgIpc) is 3.15. The molecule has 188 valence electrons. The first kappa shape index (κ1) is 25.2. The third kappa shape index (κ3) is 4.81. The maximum absolute atomic E-state index is 14.6. The van der Waals surface area contributed by atoms with Crippen molar-refractivity contribution < 1.29 is 31.5 Å². The summed E-state index contributed by atoms with van der Waals surface area (Å²) in [5.41, 5.74) is 1.83. The number of fused-ring (bicyclic) bond motifs is 1. The van der Waals surface area contributed by atoms with Gasteiger partial charge in [-0.3, -0.25) is 14.3 Å². The Morgan fingerprint density at radius 2 is 1.86 bits per heavy atom. The summed E-state index contributed by atoms with van der Waals surface area (Å²) >= 11 is 0. The number of carbonyl (C=O) groups excluding carboxylic acids is 2. The van der Waals surface area contributed by atoms with E-state index in [1.165, 1.54) is 31.2 Å². The van der Waals surface area contributed by atoms with Crippen molar-refractivity contribution in [1.82, 2.24) is 14.8 Å². The molecule has 0 aliphatic heterocycles. The van der Waals surface area contributed by atoms with Crippen LogP contribution in [0.4, 0.5) is 27.6 Å². The molecular weight excluding hydrogens is 499 g/mol. The molecule has 4 aromatic rings. The zero-order valence-corrected chi connectivity index (χ0v) is 18.8. The number of amides is 2. The minimum Gasteiger partial charge on any atom is -0.364 e. The molecule has 2 aromatic carbocycles. The first-order chi connectivity index (χ1) is 17.4. The van der Waals surface area contributed by atoms with E-state index in [0.29, 0.717) is 0 Å². The smallest absolute Gasteiger partial charge is 0.364 e. The van der Waals surface area contributed by atoms with Crippen molar-refractivity contribution in [1.29, 1.82) is 5.26 Å². The Morgan fingerprint density at radius 3 is 2.49 bits per heavy atom. The number of nitrogens with two attached hydrogens (primary N) is 1. The average molecular weight is 514 g/mol. The number of aromatic nitrogens is 3. The van der Waals surface area contributed by atoms with Crippen LogP contribution in [0.3, 0.4) is 0 Å². The molecule has 0 aliphatic carbocycles. The Kier molecular flexibility index (Phi) is 6.35. The Labute approximate surface area is 205 Å². The summed E-state index contributed by atoms with van der Waals surface area (Å²) in [4.78, 5) is 28.7. The summed E-state index contributed by atoms with van der Waals surface area (Å²) in [7, 11) is 0. The van der Waals surface area contributed by atoms with Crippen LogP contribution in [0.1, 0.15) is 43.4 Å². The van der Waals surface area contributed by atoms with Gasteiger partial charge in [0.1, 0.15) is 17.3 Å². The lowest BCUT2D eigenvalue weighted by Gasteiger charge is -2.12. The van der Waals surface area contributed by atoms with Crippen LogP contribution in [0.5, 0.6) is 0 Å². The van der Waals surface area contributed by atoms with Gasteiger partial charge >= 0.3 is 6.18 Å². The van der Waals surface area contributed by atoms with Crippen molar-refractivity contribution in [2.75, 3.05) is 5.32 Å². The van der Waals surface area contributed by atoms with Crippen LogP contribution in [-0.4, -0.2) is 26.6 Å². The zero-order valence-electron chi connectivity index (χ0n) is 18.8. The summed E-state index contributed by atoms with van der Waals surface area (Å²) in [6, 6.07) is 9.68. The third-order valence-electron chi connectivity index (χ3n) is 5.50. The number of halogens is 5. The molecule has 13 heteroatoms. The molecule has 2 amide bonds. The number of nitrogens with zero attached hydrogens (tertiary/aromatic N) is 4. The van der Waals surface area contributed by atoms with E-state index >= 15 is 0 Å².